The lowest BCUT2D eigenvalue weighted by molar-refractivity contribution is -0.137. The van der Waals surface area contributed by atoms with E-state index in [4.69, 9.17) is 9.47 Å². The van der Waals surface area contributed by atoms with Crippen LogP contribution in [0.1, 0.15) is 22.8 Å². The molecule has 2 aromatic carbocycles. The van der Waals surface area contributed by atoms with Gasteiger partial charge < -0.3 is 14.4 Å². The highest BCUT2D eigenvalue weighted by Crippen LogP contribution is 2.22. The van der Waals surface area contributed by atoms with Gasteiger partial charge in [-0.1, -0.05) is 24.3 Å². The number of carbonyl (C=O) groups excluding carboxylic acids is 2. The molecule has 0 aliphatic rings. The number of hydrogen-bond acceptors (Lipinski definition) is 6. The lowest BCUT2D eigenvalue weighted by Gasteiger charge is -2.17. The van der Waals surface area contributed by atoms with Crippen molar-refractivity contribution in [1.82, 2.24) is 9.62 Å². The van der Waals surface area contributed by atoms with Crippen LogP contribution in [-0.2, 0) is 26.1 Å². The number of likely N-dealkylation sites (N-methyl/N-ethyl adjacent to an activating group) is 1. The molecule has 2 aromatic rings. The van der Waals surface area contributed by atoms with E-state index in [1.165, 1.54) is 37.1 Å². The minimum atomic E-state index is -3.77. The van der Waals surface area contributed by atoms with Crippen molar-refractivity contribution in [2.75, 3.05) is 21.2 Å². The van der Waals surface area contributed by atoms with Crippen LogP contribution in [-0.4, -0.2) is 52.5 Å². The molecule has 0 heterocycles. The van der Waals surface area contributed by atoms with Gasteiger partial charge in [0.2, 0.25) is 10.0 Å². The minimum absolute atomic E-state index is 0.0330. The topological polar surface area (TPSA) is 102 Å². The van der Waals surface area contributed by atoms with Gasteiger partial charge in [-0.3, -0.25) is 4.79 Å². The summed E-state index contributed by atoms with van der Waals surface area (Å²) in [7, 11) is 0.786. The lowest BCUT2D eigenvalue weighted by Crippen LogP contribution is -2.34. The molecule has 1 amide bonds. The van der Waals surface area contributed by atoms with Crippen LogP contribution in [0.15, 0.2) is 53.4 Å². The highest BCUT2D eigenvalue weighted by Gasteiger charge is 2.21. The average molecular weight is 420 g/mol. The van der Waals surface area contributed by atoms with Gasteiger partial charge in [0.05, 0.1) is 12.7 Å². The molecule has 8 nitrogen and oxygen atoms in total. The molecule has 0 bridgehead atoms. The summed E-state index contributed by atoms with van der Waals surface area (Å²) in [4.78, 5) is 25.3. The van der Waals surface area contributed by atoms with Crippen LogP contribution < -0.4 is 9.46 Å². The second kappa shape index (κ2) is 9.53. The summed E-state index contributed by atoms with van der Waals surface area (Å²) in [6.07, 6.45) is -0.898. The summed E-state index contributed by atoms with van der Waals surface area (Å²) in [5.41, 5.74) is 0.914. The molecule has 0 spiro atoms. The van der Waals surface area contributed by atoms with Gasteiger partial charge in [-0.15, -0.1) is 0 Å². The van der Waals surface area contributed by atoms with Crippen molar-refractivity contribution >= 4 is 21.9 Å². The van der Waals surface area contributed by atoms with Gasteiger partial charge in [-0.2, -0.15) is 0 Å². The van der Waals surface area contributed by atoms with E-state index in [2.05, 4.69) is 4.72 Å². The van der Waals surface area contributed by atoms with E-state index in [1.54, 1.807) is 44.4 Å². The molecule has 2 rings (SSSR count). The molecule has 1 atom stereocenters. The number of amides is 1. The number of sulfonamides is 1. The molecule has 0 saturated carbocycles. The van der Waals surface area contributed by atoms with Gasteiger partial charge in [0.25, 0.3) is 5.91 Å². The first kappa shape index (κ1) is 22.4. The highest BCUT2D eigenvalue weighted by atomic mass is 32.2. The zero-order chi connectivity index (χ0) is 21.6. The number of esters is 1. The Kier molecular flexibility index (Phi) is 7.35. The molecule has 0 saturated heterocycles. The predicted molar refractivity (Wildman–Crippen MR) is 107 cm³/mol. The van der Waals surface area contributed by atoms with Crippen molar-refractivity contribution < 1.29 is 27.5 Å². The van der Waals surface area contributed by atoms with Crippen LogP contribution in [0.25, 0.3) is 0 Å². The Morgan fingerprint density at radius 1 is 1.07 bits per heavy atom. The maximum atomic E-state index is 12.5. The maximum absolute atomic E-state index is 12.5. The quantitative estimate of drug-likeness (QED) is 0.654. The second-order valence-corrected chi connectivity index (χ2v) is 8.19. The number of nitrogens with zero attached hydrogens (tertiary/aromatic N) is 1. The molecule has 0 aromatic heterocycles. The molecular weight excluding hydrogens is 396 g/mol. The Morgan fingerprint density at radius 3 is 2.28 bits per heavy atom. The second-order valence-electron chi connectivity index (χ2n) is 6.45. The monoisotopic (exact) mass is 420 g/mol. The molecular formula is C20H24N2O6S. The van der Waals surface area contributed by atoms with Crippen molar-refractivity contribution in [3.63, 3.8) is 0 Å². The Hall–Kier alpha value is -2.91. The summed E-state index contributed by atoms with van der Waals surface area (Å²) in [6, 6.07) is 12.6. The third-order valence-electron chi connectivity index (χ3n) is 4.09. The minimum Gasteiger partial charge on any atom is -0.495 e. The average Bonchev–Trinajstić information content (AvgIpc) is 2.71. The maximum Gasteiger partial charge on any atom is 0.338 e. The Balaban J connectivity index is 2.02. The Morgan fingerprint density at radius 2 is 1.69 bits per heavy atom. The van der Waals surface area contributed by atoms with E-state index in [1.807, 2.05) is 0 Å². The third kappa shape index (κ3) is 5.78. The molecule has 0 aliphatic carbocycles. The van der Waals surface area contributed by atoms with E-state index < -0.39 is 22.1 Å². The van der Waals surface area contributed by atoms with Gasteiger partial charge in [0.1, 0.15) is 10.6 Å². The SMILES string of the molecule is COc1ccccc1S(=O)(=O)NCc1ccc(C(=O)O[C@H](C)C(=O)N(C)C)cc1. The van der Waals surface area contributed by atoms with Gasteiger partial charge in [0, 0.05) is 20.6 Å². The molecule has 0 radical (unpaired) electrons. The summed E-state index contributed by atoms with van der Waals surface area (Å²) in [6.45, 7) is 1.53. The van der Waals surface area contributed by atoms with Crippen LogP contribution in [0.5, 0.6) is 5.75 Å². The number of benzene rings is 2. The predicted octanol–water partition coefficient (Wildman–Crippen LogP) is 1.81. The number of carbonyl (C=O) groups is 2. The molecule has 1 N–H and O–H groups in total. The normalized spacial score (nSPS) is 12.1. The largest absolute Gasteiger partial charge is 0.495 e. The van der Waals surface area contributed by atoms with E-state index in [0.29, 0.717) is 5.56 Å². The van der Waals surface area contributed by atoms with Crippen LogP contribution in [0.3, 0.4) is 0 Å². The van der Waals surface area contributed by atoms with Crippen molar-refractivity contribution in [2.45, 2.75) is 24.5 Å². The van der Waals surface area contributed by atoms with Crippen LogP contribution in [0.4, 0.5) is 0 Å². The fourth-order valence-electron chi connectivity index (χ4n) is 2.50. The molecule has 156 valence electrons. The number of para-hydroxylation sites is 1. The fraction of sp³-hybridized carbons (Fsp3) is 0.300. The fourth-order valence-corrected chi connectivity index (χ4v) is 3.68. The molecule has 0 fully saturated rings. The van der Waals surface area contributed by atoms with E-state index in [9.17, 15) is 18.0 Å². The van der Waals surface area contributed by atoms with E-state index in [-0.39, 0.29) is 28.7 Å². The standard InChI is InChI=1S/C20H24N2O6S/c1-14(19(23)22(2)3)28-20(24)16-11-9-15(10-12-16)13-21-29(25,26)18-8-6-5-7-17(18)27-4/h5-12,14,21H,13H2,1-4H3/t14-/m1/s1. The van der Waals surface area contributed by atoms with Crippen molar-refractivity contribution in [3.8, 4) is 5.75 Å². The summed E-state index contributed by atoms with van der Waals surface area (Å²) >= 11 is 0. The summed E-state index contributed by atoms with van der Waals surface area (Å²) < 4.78 is 37.7. The van der Waals surface area contributed by atoms with Gasteiger partial charge >= 0.3 is 5.97 Å². The van der Waals surface area contributed by atoms with E-state index >= 15 is 0 Å². The number of hydrogen-bond donors (Lipinski definition) is 1. The molecule has 0 unspecified atom stereocenters. The summed E-state index contributed by atoms with van der Waals surface area (Å²) in [5, 5.41) is 0. The van der Waals surface area contributed by atoms with Gasteiger partial charge in [-0.05, 0) is 36.8 Å². The van der Waals surface area contributed by atoms with Crippen LogP contribution in [0, 0.1) is 0 Å². The first-order valence-electron chi connectivity index (χ1n) is 8.79. The van der Waals surface area contributed by atoms with Gasteiger partial charge in [0.15, 0.2) is 6.10 Å². The number of methoxy groups -OCH3 is 1. The number of rotatable bonds is 8. The molecule has 9 heteroatoms. The number of nitrogens with one attached hydrogen (secondary N) is 1. The van der Waals surface area contributed by atoms with Crippen LogP contribution in [0.2, 0.25) is 0 Å². The van der Waals surface area contributed by atoms with Crippen molar-refractivity contribution in [1.29, 1.82) is 0 Å². The Labute approximate surface area is 170 Å². The highest BCUT2D eigenvalue weighted by molar-refractivity contribution is 7.89. The van der Waals surface area contributed by atoms with Crippen LogP contribution >= 0.6 is 0 Å². The van der Waals surface area contributed by atoms with Gasteiger partial charge in [-0.25, -0.2) is 17.9 Å². The lowest BCUT2D eigenvalue weighted by atomic mass is 10.1. The first-order valence-corrected chi connectivity index (χ1v) is 10.3. The smallest absolute Gasteiger partial charge is 0.338 e. The van der Waals surface area contributed by atoms with Crippen molar-refractivity contribution in [2.24, 2.45) is 0 Å². The first-order chi connectivity index (χ1) is 13.7. The zero-order valence-corrected chi connectivity index (χ0v) is 17.5. The van der Waals surface area contributed by atoms with E-state index in [0.717, 1.165) is 0 Å². The molecule has 0 aliphatic heterocycles. The zero-order valence-electron chi connectivity index (χ0n) is 16.7. The third-order valence-corrected chi connectivity index (χ3v) is 5.53. The summed E-state index contributed by atoms with van der Waals surface area (Å²) in [5.74, 6) is -0.700. The van der Waals surface area contributed by atoms with Crippen molar-refractivity contribution in [3.05, 3.63) is 59.7 Å². The number of ether oxygens (including phenoxy) is 2. The molecule has 29 heavy (non-hydrogen) atoms. The Bertz CT molecular complexity index is 971.